The molecule has 0 spiro atoms. The minimum atomic E-state index is -0.525. The van der Waals surface area contributed by atoms with Crippen molar-refractivity contribution in [1.29, 1.82) is 0 Å². The van der Waals surface area contributed by atoms with Crippen LogP contribution in [0, 0.1) is 0 Å². The second-order valence-electron chi connectivity index (χ2n) is 5.84. The largest absolute Gasteiger partial charge is 0.472 e. The van der Waals surface area contributed by atoms with Gasteiger partial charge in [-0.25, -0.2) is 14.8 Å². The Bertz CT molecular complexity index is 950. The van der Waals surface area contributed by atoms with Gasteiger partial charge in [0.25, 0.3) is 0 Å². The monoisotopic (exact) mass is 340 g/mol. The molecule has 0 radical (unpaired) electrons. The first-order valence-corrected chi connectivity index (χ1v) is 7.99. The number of hydrogen-bond acceptors (Lipinski definition) is 6. The van der Waals surface area contributed by atoms with Gasteiger partial charge >= 0.3 is 5.76 Å². The van der Waals surface area contributed by atoms with E-state index in [9.17, 15) is 9.59 Å². The number of aromatic nitrogens is 3. The van der Waals surface area contributed by atoms with Crippen molar-refractivity contribution in [2.24, 2.45) is 0 Å². The van der Waals surface area contributed by atoms with Crippen molar-refractivity contribution in [2.45, 2.75) is 19.1 Å². The van der Waals surface area contributed by atoms with Crippen molar-refractivity contribution in [3.8, 4) is 5.88 Å². The van der Waals surface area contributed by atoms with Crippen molar-refractivity contribution in [2.75, 3.05) is 13.1 Å². The Morgan fingerprint density at radius 3 is 3.04 bits per heavy atom. The number of fused-ring (bicyclic) bond motifs is 1. The fourth-order valence-electron chi connectivity index (χ4n) is 2.97. The maximum Gasteiger partial charge on any atom is 0.420 e. The van der Waals surface area contributed by atoms with Gasteiger partial charge < -0.3 is 14.1 Å². The number of ether oxygens (including phenoxy) is 1. The highest BCUT2D eigenvalue weighted by molar-refractivity contribution is 5.79. The zero-order valence-electron chi connectivity index (χ0n) is 13.4. The molecule has 0 unspecified atom stereocenters. The number of para-hydroxylation sites is 2. The van der Waals surface area contributed by atoms with Crippen molar-refractivity contribution >= 4 is 17.0 Å². The maximum absolute atomic E-state index is 12.5. The van der Waals surface area contributed by atoms with Gasteiger partial charge in [-0.2, -0.15) is 0 Å². The number of carbonyl (C=O) groups is 1. The molecule has 8 nitrogen and oxygen atoms in total. The normalized spacial score (nSPS) is 17.1. The Morgan fingerprint density at radius 1 is 1.32 bits per heavy atom. The number of nitrogens with zero attached hydrogens (tertiary/aromatic N) is 4. The van der Waals surface area contributed by atoms with Gasteiger partial charge in [0.05, 0.1) is 12.1 Å². The molecule has 0 bridgehead atoms. The number of carbonyl (C=O) groups excluding carboxylic acids is 1. The number of benzene rings is 1. The van der Waals surface area contributed by atoms with Crippen molar-refractivity contribution in [3.63, 3.8) is 0 Å². The molecule has 1 aliphatic heterocycles. The van der Waals surface area contributed by atoms with Crippen LogP contribution in [0.2, 0.25) is 0 Å². The van der Waals surface area contributed by atoms with E-state index in [4.69, 9.17) is 9.15 Å². The third-order valence-electron chi connectivity index (χ3n) is 4.21. The Balaban J connectivity index is 1.43. The quantitative estimate of drug-likeness (QED) is 0.705. The standard InChI is InChI=1S/C17H16N4O4/c22-16(10-21-13-3-1-2-4-14(13)25-17(21)23)20-8-6-12(9-20)24-15-5-7-18-11-19-15/h1-5,7,11-12H,6,8-10H2/t12-/m0/s1. The van der Waals surface area contributed by atoms with Crippen LogP contribution in [0.1, 0.15) is 6.42 Å². The molecule has 128 valence electrons. The molecule has 1 atom stereocenters. The molecular weight excluding hydrogens is 324 g/mol. The summed E-state index contributed by atoms with van der Waals surface area (Å²) in [6.45, 7) is 1.00. The number of rotatable bonds is 4. The lowest BCUT2D eigenvalue weighted by atomic mass is 10.3. The number of amides is 1. The van der Waals surface area contributed by atoms with Gasteiger partial charge in [0.1, 0.15) is 19.0 Å². The van der Waals surface area contributed by atoms with Crippen LogP contribution in [0.15, 0.2) is 52.1 Å². The molecule has 0 aliphatic carbocycles. The van der Waals surface area contributed by atoms with Gasteiger partial charge in [0.2, 0.25) is 11.8 Å². The summed E-state index contributed by atoms with van der Waals surface area (Å²) in [6, 6.07) is 8.74. The van der Waals surface area contributed by atoms with Crippen LogP contribution < -0.4 is 10.5 Å². The second-order valence-corrected chi connectivity index (χ2v) is 5.84. The highest BCUT2D eigenvalue weighted by Crippen LogP contribution is 2.17. The summed E-state index contributed by atoms with van der Waals surface area (Å²) in [6.07, 6.45) is 3.63. The van der Waals surface area contributed by atoms with E-state index < -0.39 is 5.76 Å². The Morgan fingerprint density at radius 2 is 2.20 bits per heavy atom. The van der Waals surface area contributed by atoms with Crippen LogP contribution in [0.5, 0.6) is 5.88 Å². The summed E-state index contributed by atoms with van der Waals surface area (Å²) in [5.41, 5.74) is 1.10. The summed E-state index contributed by atoms with van der Waals surface area (Å²) < 4.78 is 12.3. The van der Waals surface area contributed by atoms with Gasteiger partial charge in [-0.05, 0) is 12.1 Å². The third kappa shape index (κ3) is 3.10. The summed E-state index contributed by atoms with van der Waals surface area (Å²) >= 11 is 0. The SMILES string of the molecule is O=C(Cn1c(=O)oc2ccccc21)N1CC[C@H](Oc2ccncn2)C1. The average molecular weight is 340 g/mol. The summed E-state index contributed by atoms with van der Waals surface area (Å²) in [7, 11) is 0. The molecule has 25 heavy (non-hydrogen) atoms. The molecular formula is C17H16N4O4. The molecule has 2 aromatic heterocycles. The second kappa shape index (κ2) is 6.39. The Kier molecular flexibility index (Phi) is 3.93. The Hall–Kier alpha value is -3.16. The molecule has 0 saturated carbocycles. The van der Waals surface area contributed by atoms with Gasteiger partial charge in [-0.3, -0.25) is 9.36 Å². The van der Waals surface area contributed by atoms with Crippen LogP contribution in [-0.4, -0.2) is 44.5 Å². The van der Waals surface area contributed by atoms with E-state index in [-0.39, 0.29) is 18.6 Å². The van der Waals surface area contributed by atoms with Crippen LogP contribution in [0.3, 0.4) is 0 Å². The van der Waals surface area contributed by atoms with Crippen LogP contribution in [-0.2, 0) is 11.3 Å². The Labute approximate surface area is 142 Å². The maximum atomic E-state index is 12.5. The van der Waals surface area contributed by atoms with E-state index in [1.807, 2.05) is 0 Å². The molecule has 8 heteroatoms. The van der Waals surface area contributed by atoms with Gasteiger partial charge in [0.15, 0.2) is 5.58 Å². The molecule has 1 aromatic carbocycles. The van der Waals surface area contributed by atoms with E-state index >= 15 is 0 Å². The van der Waals surface area contributed by atoms with Gasteiger partial charge in [-0.15, -0.1) is 0 Å². The van der Waals surface area contributed by atoms with Crippen molar-refractivity contribution in [3.05, 3.63) is 53.4 Å². The fraction of sp³-hybridized carbons (Fsp3) is 0.294. The lowest BCUT2D eigenvalue weighted by Gasteiger charge is -2.17. The summed E-state index contributed by atoms with van der Waals surface area (Å²) in [5, 5.41) is 0. The summed E-state index contributed by atoms with van der Waals surface area (Å²) in [5.74, 6) is -0.170. The topological polar surface area (TPSA) is 90.5 Å². The predicted octanol–water partition coefficient (Wildman–Crippen LogP) is 1.06. The van der Waals surface area contributed by atoms with E-state index in [1.54, 1.807) is 41.4 Å². The minimum Gasteiger partial charge on any atom is -0.472 e. The van der Waals surface area contributed by atoms with Crippen molar-refractivity contribution in [1.82, 2.24) is 19.4 Å². The van der Waals surface area contributed by atoms with E-state index in [2.05, 4.69) is 9.97 Å². The average Bonchev–Trinajstić information content (AvgIpc) is 3.21. The van der Waals surface area contributed by atoms with Crippen LogP contribution in [0.4, 0.5) is 0 Å². The lowest BCUT2D eigenvalue weighted by molar-refractivity contribution is -0.131. The van der Waals surface area contributed by atoms with E-state index in [1.165, 1.54) is 10.9 Å². The predicted molar refractivity (Wildman–Crippen MR) is 88.1 cm³/mol. The van der Waals surface area contributed by atoms with Gasteiger partial charge in [0, 0.05) is 25.2 Å². The zero-order chi connectivity index (χ0) is 17.2. The minimum absolute atomic E-state index is 0.0456. The van der Waals surface area contributed by atoms with E-state index in [0.29, 0.717) is 30.1 Å². The molecule has 1 fully saturated rings. The molecule has 0 N–H and O–H groups in total. The third-order valence-corrected chi connectivity index (χ3v) is 4.21. The number of oxazole rings is 1. The van der Waals surface area contributed by atoms with Crippen molar-refractivity contribution < 1.29 is 13.9 Å². The molecule has 3 aromatic rings. The molecule has 1 aliphatic rings. The molecule has 1 saturated heterocycles. The number of likely N-dealkylation sites (tertiary alicyclic amines) is 1. The first-order chi connectivity index (χ1) is 12.2. The van der Waals surface area contributed by atoms with Crippen LogP contribution >= 0.6 is 0 Å². The lowest BCUT2D eigenvalue weighted by Crippen LogP contribution is -2.35. The highest BCUT2D eigenvalue weighted by Gasteiger charge is 2.28. The van der Waals surface area contributed by atoms with Crippen LogP contribution in [0.25, 0.3) is 11.1 Å². The van der Waals surface area contributed by atoms with Gasteiger partial charge in [-0.1, -0.05) is 12.1 Å². The first-order valence-electron chi connectivity index (χ1n) is 7.99. The molecule has 1 amide bonds. The summed E-state index contributed by atoms with van der Waals surface area (Å²) in [4.78, 5) is 34.1. The molecule has 4 rings (SSSR count). The van der Waals surface area contributed by atoms with E-state index in [0.717, 1.165) is 6.42 Å². The molecule has 3 heterocycles. The number of hydrogen-bond donors (Lipinski definition) is 0. The first kappa shape index (κ1) is 15.4. The smallest absolute Gasteiger partial charge is 0.420 e. The fourth-order valence-corrected chi connectivity index (χ4v) is 2.97. The zero-order valence-corrected chi connectivity index (χ0v) is 13.4. The highest BCUT2D eigenvalue weighted by atomic mass is 16.5.